The Bertz CT molecular complexity index is 1060. The quantitative estimate of drug-likeness (QED) is 0.468. The normalized spacial score (nSPS) is 10.6. The summed E-state index contributed by atoms with van der Waals surface area (Å²) in [6.45, 7) is 6.12. The van der Waals surface area contributed by atoms with Crippen molar-refractivity contribution in [1.29, 1.82) is 0 Å². The van der Waals surface area contributed by atoms with E-state index in [0.717, 1.165) is 16.8 Å². The van der Waals surface area contributed by atoms with Crippen LogP contribution in [0.3, 0.4) is 0 Å². The van der Waals surface area contributed by atoms with Crippen LogP contribution in [0, 0.1) is 30.9 Å². The Hall–Kier alpha value is -3.68. The number of aromatic nitrogens is 2. The van der Waals surface area contributed by atoms with Gasteiger partial charge in [0.05, 0.1) is 22.4 Å². The van der Waals surface area contributed by atoms with E-state index >= 15 is 0 Å². The zero-order valence-electron chi connectivity index (χ0n) is 16.5. The summed E-state index contributed by atoms with van der Waals surface area (Å²) in [6.07, 6.45) is 1.99. The van der Waals surface area contributed by atoms with E-state index in [4.69, 9.17) is 4.74 Å². The predicted molar refractivity (Wildman–Crippen MR) is 109 cm³/mol. The molecule has 29 heavy (non-hydrogen) atoms. The summed E-state index contributed by atoms with van der Waals surface area (Å²) < 4.78 is 7.54. The molecule has 1 N–H and O–H groups in total. The molecule has 1 amide bonds. The molecule has 0 aliphatic rings. The van der Waals surface area contributed by atoms with Crippen LogP contribution in [0.2, 0.25) is 0 Å². The van der Waals surface area contributed by atoms with Gasteiger partial charge in [-0.05, 0) is 44.0 Å². The number of nitro benzene ring substituents is 1. The molecule has 0 atom stereocenters. The third kappa shape index (κ3) is 5.41. The molecule has 0 aliphatic carbocycles. The van der Waals surface area contributed by atoms with Crippen LogP contribution in [0.5, 0.6) is 11.5 Å². The second-order valence-electron chi connectivity index (χ2n) is 6.86. The van der Waals surface area contributed by atoms with Gasteiger partial charge in [0.15, 0.2) is 0 Å². The van der Waals surface area contributed by atoms with E-state index < -0.39 is 4.92 Å². The highest BCUT2D eigenvalue weighted by Gasteiger charge is 2.14. The average molecular weight is 394 g/mol. The predicted octanol–water partition coefficient (Wildman–Crippen LogP) is 4.54. The molecule has 0 radical (unpaired) electrons. The number of nitrogens with one attached hydrogen (secondary N) is 1. The maximum atomic E-state index is 12.3. The standard InChI is InChI=1S/C21H22N4O4/c1-14-4-5-15(2)20(10-14)29-19-12-17(11-18(13-19)25(27)28)22-21(26)7-9-24-8-6-16(3)23-24/h4-6,8,10-13H,7,9H2,1-3H3,(H,22,26). The van der Waals surface area contributed by atoms with E-state index in [-0.39, 0.29) is 23.8 Å². The monoisotopic (exact) mass is 394 g/mol. The van der Waals surface area contributed by atoms with Crippen molar-refractivity contribution in [2.45, 2.75) is 33.7 Å². The Kier molecular flexibility index (Phi) is 5.92. The number of hydrogen-bond donors (Lipinski definition) is 1. The highest BCUT2D eigenvalue weighted by Crippen LogP contribution is 2.31. The van der Waals surface area contributed by atoms with Crippen molar-refractivity contribution in [3.8, 4) is 11.5 Å². The summed E-state index contributed by atoms with van der Waals surface area (Å²) >= 11 is 0. The van der Waals surface area contributed by atoms with Crippen LogP contribution in [0.15, 0.2) is 48.7 Å². The molecule has 0 fully saturated rings. The highest BCUT2D eigenvalue weighted by molar-refractivity contribution is 5.91. The first kappa shape index (κ1) is 20.1. The van der Waals surface area contributed by atoms with Gasteiger partial charge >= 0.3 is 0 Å². The van der Waals surface area contributed by atoms with Crippen LogP contribution in [0.1, 0.15) is 23.2 Å². The van der Waals surface area contributed by atoms with Crippen molar-refractivity contribution in [3.05, 3.63) is 75.6 Å². The van der Waals surface area contributed by atoms with Crippen LogP contribution in [-0.2, 0) is 11.3 Å². The van der Waals surface area contributed by atoms with Gasteiger partial charge in [0.25, 0.3) is 5.69 Å². The smallest absolute Gasteiger partial charge is 0.275 e. The molecule has 150 valence electrons. The maximum Gasteiger partial charge on any atom is 0.275 e. The summed E-state index contributed by atoms with van der Waals surface area (Å²) in [5.74, 6) is 0.624. The van der Waals surface area contributed by atoms with Crippen LogP contribution in [0.4, 0.5) is 11.4 Å². The van der Waals surface area contributed by atoms with E-state index in [0.29, 0.717) is 18.0 Å². The van der Waals surface area contributed by atoms with E-state index in [1.165, 1.54) is 12.1 Å². The van der Waals surface area contributed by atoms with Gasteiger partial charge in [0, 0.05) is 31.3 Å². The number of hydrogen-bond acceptors (Lipinski definition) is 5. The largest absolute Gasteiger partial charge is 0.457 e. The Morgan fingerprint density at radius 2 is 1.97 bits per heavy atom. The average Bonchev–Trinajstić information content (AvgIpc) is 3.08. The molecule has 2 aromatic carbocycles. The third-order valence-electron chi connectivity index (χ3n) is 4.30. The summed E-state index contributed by atoms with van der Waals surface area (Å²) in [4.78, 5) is 23.1. The number of nitro groups is 1. The maximum absolute atomic E-state index is 12.3. The first-order valence-electron chi connectivity index (χ1n) is 9.14. The lowest BCUT2D eigenvalue weighted by Crippen LogP contribution is -2.15. The molecule has 0 unspecified atom stereocenters. The molecular formula is C21H22N4O4. The number of carbonyl (C=O) groups is 1. The molecule has 0 bridgehead atoms. The second-order valence-corrected chi connectivity index (χ2v) is 6.86. The van der Waals surface area contributed by atoms with Crippen molar-refractivity contribution >= 4 is 17.3 Å². The van der Waals surface area contributed by atoms with E-state index in [9.17, 15) is 14.9 Å². The fourth-order valence-electron chi connectivity index (χ4n) is 2.79. The summed E-state index contributed by atoms with van der Waals surface area (Å²) in [7, 11) is 0. The van der Waals surface area contributed by atoms with Gasteiger partial charge in [-0.1, -0.05) is 12.1 Å². The highest BCUT2D eigenvalue weighted by atomic mass is 16.6. The number of nitrogens with zero attached hydrogens (tertiary/aromatic N) is 3. The van der Waals surface area contributed by atoms with E-state index in [1.807, 2.05) is 45.0 Å². The lowest BCUT2D eigenvalue weighted by Gasteiger charge is -2.12. The summed E-state index contributed by atoms with van der Waals surface area (Å²) in [5.41, 5.74) is 2.94. The van der Waals surface area contributed by atoms with Gasteiger partial charge < -0.3 is 10.1 Å². The van der Waals surface area contributed by atoms with Crippen molar-refractivity contribution < 1.29 is 14.5 Å². The molecule has 3 aromatic rings. The Morgan fingerprint density at radius 1 is 1.17 bits per heavy atom. The van der Waals surface area contributed by atoms with E-state index in [1.54, 1.807) is 16.9 Å². The van der Waals surface area contributed by atoms with Gasteiger partial charge in [-0.3, -0.25) is 19.6 Å². The molecule has 1 heterocycles. The molecule has 8 heteroatoms. The van der Waals surface area contributed by atoms with Crippen LogP contribution >= 0.6 is 0 Å². The molecule has 0 saturated carbocycles. The molecule has 8 nitrogen and oxygen atoms in total. The number of aryl methyl sites for hydroxylation is 4. The fourth-order valence-corrected chi connectivity index (χ4v) is 2.79. The van der Waals surface area contributed by atoms with Crippen LogP contribution < -0.4 is 10.1 Å². The minimum Gasteiger partial charge on any atom is -0.457 e. The van der Waals surface area contributed by atoms with Gasteiger partial charge in [0.2, 0.25) is 5.91 Å². The Morgan fingerprint density at radius 3 is 2.66 bits per heavy atom. The molecule has 3 rings (SSSR count). The van der Waals surface area contributed by atoms with Gasteiger partial charge in [-0.2, -0.15) is 5.10 Å². The topological polar surface area (TPSA) is 99.3 Å². The van der Waals surface area contributed by atoms with Crippen molar-refractivity contribution in [2.75, 3.05) is 5.32 Å². The van der Waals surface area contributed by atoms with Gasteiger partial charge in [0.1, 0.15) is 11.5 Å². The molecule has 0 saturated heterocycles. The Labute approximate surface area is 168 Å². The molecule has 0 spiro atoms. The SMILES string of the molecule is Cc1ccc(C)c(Oc2cc(NC(=O)CCn3ccc(C)n3)cc([N+](=O)[O-])c2)c1. The number of anilines is 1. The first-order valence-corrected chi connectivity index (χ1v) is 9.14. The van der Waals surface area contributed by atoms with Crippen LogP contribution in [0.25, 0.3) is 0 Å². The van der Waals surface area contributed by atoms with E-state index in [2.05, 4.69) is 10.4 Å². The van der Waals surface area contributed by atoms with Crippen molar-refractivity contribution in [2.24, 2.45) is 0 Å². The summed E-state index contributed by atoms with van der Waals surface area (Å²) in [5, 5.41) is 18.2. The number of benzene rings is 2. The molecule has 1 aromatic heterocycles. The minimum absolute atomic E-state index is 0.161. The number of amides is 1. The minimum atomic E-state index is -0.516. The summed E-state index contributed by atoms with van der Waals surface area (Å²) in [6, 6.07) is 11.8. The van der Waals surface area contributed by atoms with Crippen LogP contribution in [-0.4, -0.2) is 20.6 Å². The molecule has 0 aliphatic heterocycles. The zero-order chi connectivity index (χ0) is 21.0. The third-order valence-corrected chi connectivity index (χ3v) is 4.30. The number of non-ortho nitro benzene ring substituents is 1. The number of rotatable bonds is 7. The Balaban J connectivity index is 1.76. The number of carbonyl (C=O) groups excluding carboxylic acids is 1. The zero-order valence-corrected chi connectivity index (χ0v) is 16.5. The van der Waals surface area contributed by atoms with Crippen molar-refractivity contribution in [3.63, 3.8) is 0 Å². The van der Waals surface area contributed by atoms with Gasteiger partial charge in [-0.15, -0.1) is 0 Å². The first-order chi connectivity index (χ1) is 13.8. The lowest BCUT2D eigenvalue weighted by molar-refractivity contribution is -0.384. The lowest BCUT2D eigenvalue weighted by atomic mass is 10.1. The number of ether oxygens (including phenoxy) is 1. The van der Waals surface area contributed by atoms with Crippen molar-refractivity contribution in [1.82, 2.24) is 9.78 Å². The second kappa shape index (κ2) is 8.55. The molecular weight excluding hydrogens is 372 g/mol. The van der Waals surface area contributed by atoms with Gasteiger partial charge in [-0.25, -0.2) is 0 Å². The fraction of sp³-hybridized carbons (Fsp3) is 0.238.